The fourth-order valence-electron chi connectivity index (χ4n) is 2.05. The Balaban J connectivity index is 3.25. The maximum atomic E-state index is 12.1. The van der Waals surface area contributed by atoms with Crippen LogP contribution in [-0.4, -0.2) is 21.1 Å². The Bertz CT molecular complexity index is 632. The fourth-order valence-corrected chi connectivity index (χ4v) is 2.05. The molecule has 0 bridgehead atoms. The van der Waals surface area contributed by atoms with Crippen LogP contribution >= 0.6 is 0 Å². The van der Waals surface area contributed by atoms with Crippen molar-refractivity contribution in [2.75, 3.05) is 11.1 Å². The Morgan fingerprint density at radius 3 is 2.52 bits per heavy atom. The number of aromatic nitrogens is 2. The van der Waals surface area contributed by atoms with Crippen molar-refractivity contribution in [1.29, 1.82) is 0 Å². The van der Waals surface area contributed by atoms with Crippen LogP contribution in [0.5, 0.6) is 0 Å². The SMILES string of the molecule is CCCCn1c(N)c(NC(C)CC(N)=O)c(=O)n(C)c1=O. The maximum absolute atomic E-state index is 12.1. The van der Waals surface area contributed by atoms with Crippen molar-refractivity contribution in [3.05, 3.63) is 20.8 Å². The summed E-state index contributed by atoms with van der Waals surface area (Å²) in [5, 5.41) is 2.88. The van der Waals surface area contributed by atoms with Crippen LogP contribution in [-0.2, 0) is 18.4 Å². The third-order valence-corrected chi connectivity index (χ3v) is 3.22. The molecule has 1 rings (SSSR count). The largest absolute Gasteiger partial charge is 0.383 e. The molecule has 21 heavy (non-hydrogen) atoms. The average molecular weight is 297 g/mol. The van der Waals surface area contributed by atoms with Gasteiger partial charge in [0.2, 0.25) is 5.91 Å². The van der Waals surface area contributed by atoms with E-state index in [0.29, 0.717) is 6.54 Å². The fraction of sp³-hybridized carbons (Fsp3) is 0.615. The molecular formula is C13H23N5O3. The molecule has 1 amide bonds. The minimum Gasteiger partial charge on any atom is -0.383 e. The molecule has 1 unspecified atom stereocenters. The standard InChI is InChI=1S/C13H23N5O3/c1-4-5-6-18-11(15)10(12(20)17(3)13(18)21)16-8(2)7-9(14)19/h8,16H,4-7,15H2,1-3H3,(H2,14,19). The second kappa shape index (κ2) is 6.96. The van der Waals surface area contributed by atoms with Gasteiger partial charge in [-0.1, -0.05) is 13.3 Å². The lowest BCUT2D eigenvalue weighted by atomic mass is 10.2. The summed E-state index contributed by atoms with van der Waals surface area (Å²) in [5.41, 5.74) is 10.2. The zero-order chi connectivity index (χ0) is 16.2. The highest BCUT2D eigenvalue weighted by Gasteiger charge is 2.17. The van der Waals surface area contributed by atoms with E-state index in [1.807, 2.05) is 6.92 Å². The van der Waals surface area contributed by atoms with Gasteiger partial charge in [-0.15, -0.1) is 0 Å². The lowest BCUT2D eigenvalue weighted by Gasteiger charge is -2.18. The smallest absolute Gasteiger partial charge is 0.332 e. The van der Waals surface area contributed by atoms with Crippen LogP contribution in [0.25, 0.3) is 0 Å². The van der Waals surface area contributed by atoms with Crippen LogP contribution < -0.4 is 28.0 Å². The molecule has 0 aliphatic heterocycles. The van der Waals surface area contributed by atoms with Gasteiger partial charge >= 0.3 is 5.69 Å². The van der Waals surface area contributed by atoms with Gasteiger partial charge in [0.1, 0.15) is 11.5 Å². The lowest BCUT2D eigenvalue weighted by molar-refractivity contribution is -0.118. The first kappa shape index (κ1) is 16.8. The number of nitrogens with one attached hydrogen (secondary N) is 1. The van der Waals surface area contributed by atoms with Crippen molar-refractivity contribution in [3.8, 4) is 0 Å². The molecule has 1 aromatic heterocycles. The molecule has 0 spiro atoms. The summed E-state index contributed by atoms with van der Waals surface area (Å²) >= 11 is 0. The number of nitrogens with zero attached hydrogens (tertiary/aromatic N) is 2. The molecule has 0 fully saturated rings. The van der Waals surface area contributed by atoms with Crippen LogP contribution in [0, 0.1) is 0 Å². The summed E-state index contributed by atoms with van der Waals surface area (Å²) in [6.07, 6.45) is 1.74. The van der Waals surface area contributed by atoms with Gasteiger partial charge in [0.25, 0.3) is 5.56 Å². The molecule has 0 aromatic carbocycles. The first-order chi connectivity index (χ1) is 9.79. The average Bonchev–Trinajstić information content (AvgIpc) is 2.40. The van der Waals surface area contributed by atoms with Crippen molar-refractivity contribution >= 4 is 17.4 Å². The van der Waals surface area contributed by atoms with Gasteiger partial charge < -0.3 is 16.8 Å². The molecule has 0 aliphatic rings. The van der Waals surface area contributed by atoms with E-state index in [1.165, 1.54) is 11.6 Å². The summed E-state index contributed by atoms with van der Waals surface area (Å²) in [5.74, 6) is -0.391. The van der Waals surface area contributed by atoms with Crippen LogP contribution in [0.2, 0.25) is 0 Å². The Morgan fingerprint density at radius 1 is 1.38 bits per heavy atom. The number of primary amides is 1. The molecule has 8 nitrogen and oxygen atoms in total. The van der Waals surface area contributed by atoms with Gasteiger partial charge in [0.15, 0.2) is 0 Å². The quantitative estimate of drug-likeness (QED) is 0.631. The van der Waals surface area contributed by atoms with Crippen LogP contribution in [0.4, 0.5) is 11.5 Å². The molecule has 0 radical (unpaired) electrons. The van der Waals surface area contributed by atoms with E-state index in [1.54, 1.807) is 6.92 Å². The van der Waals surface area contributed by atoms with E-state index >= 15 is 0 Å². The van der Waals surface area contributed by atoms with Crippen LogP contribution in [0.3, 0.4) is 0 Å². The minimum atomic E-state index is -0.512. The van der Waals surface area contributed by atoms with E-state index in [0.717, 1.165) is 17.4 Å². The molecule has 1 aromatic rings. The first-order valence-corrected chi connectivity index (χ1v) is 6.93. The summed E-state index contributed by atoms with van der Waals surface area (Å²) in [6.45, 7) is 4.15. The normalized spacial score (nSPS) is 12.1. The van der Waals surface area contributed by atoms with Crippen molar-refractivity contribution in [2.45, 2.75) is 45.7 Å². The lowest BCUT2D eigenvalue weighted by Crippen LogP contribution is -2.42. The van der Waals surface area contributed by atoms with E-state index in [4.69, 9.17) is 11.5 Å². The van der Waals surface area contributed by atoms with Crippen molar-refractivity contribution in [2.24, 2.45) is 12.8 Å². The van der Waals surface area contributed by atoms with Crippen molar-refractivity contribution < 1.29 is 4.79 Å². The third kappa shape index (κ3) is 3.87. The maximum Gasteiger partial charge on any atom is 0.332 e. The number of hydrogen-bond donors (Lipinski definition) is 3. The second-order valence-corrected chi connectivity index (χ2v) is 5.13. The number of nitrogens with two attached hydrogens (primary N) is 2. The number of nitrogen functional groups attached to an aromatic ring is 1. The molecule has 1 atom stereocenters. The molecule has 5 N–H and O–H groups in total. The summed E-state index contributed by atoms with van der Waals surface area (Å²) < 4.78 is 2.37. The zero-order valence-electron chi connectivity index (χ0n) is 12.7. The molecule has 1 heterocycles. The predicted molar refractivity (Wildman–Crippen MR) is 82.2 cm³/mol. The number of amides is 1. The number of anilines is 2. The molecule has 8 heteroatoms. The Hall–Kier alpha value is -2.25. The minimum absolute atomic E-state index is 0.0662. The topological polar surface area (TPSA) is 125 Å². The van der Waals surface area contributed by atoms with E-state index in [-0.39, 0.29) is 24.0 Å². The third-order valence-electron chi connectivity index (χ3n) is 3.22. The van der Waals surface area contributed by atoms with Crippen molar-refractivity contribution in [3.63, 3.8) is 0 Å². The predicted octanol–water partition coefficient (Wildman–Crippen LogP) is -0.395. The van der Waals surface area contributed by atoms with E-state index in [9.17, 15) is 14.4 Å². The molecule has 0 saturated carbocycles. The number of unbranched alkanes of at least 4 members (excludes halogenated alkanes) is 1. The van der Waals surface area contributed by atoms with Gasteiger partial charge in [-0.3, -0.25) is 18.7 Å². The molecule has 118 valence electrons. The van der Waals surface area contributed by atoms with E-state index < -0.39 is 17.2 Å². The van der Waals surface area contributed by atoms with Gasteiger partial charge in [-0.05, 0) is 13.3 Å². The highest BCUT2D eigenvalue weighted by atomic mass is 16.2. The van der Waals surface area contributed by atoms with E-state index in [2.05, 4.69) is 5.32 Å². The number of carbonyl (C=O) groups is 1. The Morgan fingerprint density at radius 2 is 2.00 bits per heavy atom. The van der Waals surface area contributed by atoms with Gasteiger partial charge in [-0.25, -0.2) is 4.79 Å². The second-order valence-electron chi connectivity index (χ2n) is 5.13. The highest BCUT2D eigenvalue weighted by molar-refractivity contribution is 5.75. The van der Waals surface area contributed by atoms with Crippen LogP contribution in [0.1, 0.15) is 33.1 Å². The summed E-state index contributed by atoms with van der Waals surface area (Å²) in [7, 11) is 1.40. The number of rotatable bonds is 7. The van der Waals surface area contributed by atoms with Crippen LogP contribution in [0.15, 0.2) is 9.59 Å². The number of hydrogen-bond acceptors (Lipinski definition) is 5. The zero-order valence-corrected chi connectivity index (χ0v) is 12.7. The van der Waals surface area contributed by atoms with Gasteiger partial charge in [-0.2, -0.15) is 0 Å². The Kier molecular flexibility index (Phi) is 5.57. The monoisotopic (exact) mass is 297 g/mol. The van der Waals surface area contributed by atoms with Gasteiger partial charge in [0, 0.05) is 26.1 Å². The molecule has 0 saturated heterocycles. The highest BCUT2D eigenvalue weighted by Crippen LogP contribution is 2.13. The molecule has 0 aliphatic carbocycles. The summed E-state index contributed by atoms with van der Waals surface area (Å²) in [4.78, 5) is 35.1. The Labute approximate surface area is 122 Å². The first-order valence-electron chi connectivity index (χ1n) is 6.93. The molecular weight excluding hydrogens is 274 g/mol. The number of carbonyl (C=O) groups excluding carboxylic acids is 1. The summed E-state index contributed by atoms with van der Waals surface area (Å²) in [6, 6.07) is -0.352. The van der Waals surface area contributed by atoms with Gasteiger partial charge in [0.05, 0.1) is 0 Å². The van der Waals surface area contributed by atoms with Crippen molar-refractivity contribution in [1.82, 2.24) is 9.13 Å².